The minimum atomic E-state index is -4.95. The minimum Gasteiger partial charge on any atom is -0.326 e. The second kappa shape index (κ2) is 10.1. The SMILES string of the molecule is NS(=O)c1ccc(-n2cc(-c3c(F)cc(NC(=O)Cc4cccc(C(F)(F)F)c4F)cc3F)nn2)cc1. The summed E-state index contributed by atoms with van der Waals surface area (Å²) in [4.78, 5) is 12.6. The van der Waals surface area contributed by atoms with Gasteiger partial charge in [0, 0.05) is 5.69 Å². The number of nitrogens with zero attached hydrogens (tertiary/aromatic N) is 3. The minimum absolute atomic E-state index is 0.176. The first-order chi connectivity index (χ1) is 17.4. The zero-order chi connectivity index (χ0) is 26.9. The van der Waals surface area contributed by atoms with E-state index in [9.17, 15) is 35.3 Å². The van der Waals surface area contributed by atoms with Crippen molar-refractivity contribution in [3.05, 3.63) is 89.4 Å². The fourth-order valence-corrected chi connectivity index (χ4v) is 3.85. The Labute approximate surface area is 207 Å². The molecule has 4 aromatic rings. The number of alkyl halides is 3. The number of amides is 1. The zero-order valence-corrected chi connectivity index (χ0v) is 19.2. The standard InChI is InChI=1S/C23H15F6N5O2S/c24-17-9-13(31-20(35)8-12-2-1-3-16(22(12)26)23(27,28)29)10-18(25)21(17)19-11-34(33-32-19)14-4-6-15(7-5-14)37(30)36/h1-7,9-11H,8,30H2,(H,31,35). The first-order valence-corrected chi connectivity index (χ1v) is 11.5. The van der Waals surface area contributed by atoms with Crippen LogP contribution < -0.4 is 10.5 Å². The van der Waals surface area contributed by atoms with E-state index in [-0.39, 0.29) is 11.4 Å². The second-order valence-electron chi connectivity index (χ2n) is 7.66. The molecule has 0 bridgehead atoms. The monoisotopic (exact) mass is 539 g/mol. The molecule has 0 saturated carbocycles. The van der Waals surface area contributed by atoms with Crippen molar-refractivity contribution in [3.8, 4) is 16.9 Å². The van der Waals surface area contributed by atoms with Gasteiger partial charge in [0.1, 0.15) is 34.1 Å². The second-order valence-corrected chi connectivity index (χ2v) is 8.72. The van der Waals surface area contributed by atoms with E-state index >= 15 is 0 Å². The summed E-state index contributed by atoms with van der Waals surface area (Å²) >= 11 is 0. The number of nitrogens with two attached hydrogens (primary N) is 1. The Hall–Kier alpha value is -4.04. The molecule has 3 aromatic carbocycles. The molecule has 0 aliphatic carbocycles. The molecule has 1 aromatic heterocycles. The van der Waals surface area contributed by atoms with E-state index in [0.29, 0.717) is 16.6 Å². The summed E-state index contributed by atoms with van der Waals surface area (Å²) in [5.41, 5.74) is -2.68. The van der Waals surface area contributed by atoms with Gasteiger partial charge in [-0.1, -0.05) is 17.3 Å². The van der Waals surface area contributed by atoms with Gasteiger partial charge in [0.25, 0.3) is 0 Å². The van der Waals surface area contributed by atoms with Gasteiger partial charge in [0.2, 0.25) is 5.91 Å². The molecule has 14 heteroatoms. The molecule has 1 atom stereocenters. The van der Waals surface area contributed by atoms with Gasteiger partial charge in [0.05, 0.1) is 34.3 Å². The number of carbonyl (C=O) groups excluding carboxylic acids is 1. The Morgan fingerprint density at radius 3 is 2.27 bits per heavy atom. The molecular weight excluding hydrogens is 524 g/mol. The van der Waals surface area contributed by atoms with Crippen LogP contribution in [0.15, 0.2) is 65.7 Å². The molecule has 192 valence electrons. The van der Waals surface area contributed by atoms with Crippen LogP contribution in [0.25, 0.3) is 16.9 Å². The highest BCUT2D eigenvalue weighted by Gasteiger charge is 2.35. The maximum absolute atomic E-state index is 14.8. The molecule has 37 heavy (non-hydrogen) atoms. The molecule has 0 aliphatic heterocycles. The van der Waals surface area contributed by atoms with E-state index < -0.39 is 63.6 Å². The summed E-state index contributed by atoms with van der Waals surface area (Å²) in [5.74, 6) is -4.81. The Morgan fingerprint density at radius 2 is 1.68 bits per heavy atom. The van der Waals surface area contributed by atoms with Crippen LogP contribution in [0.4, 0.5) is 32.0 Å². The van der Waals surface area contributed by atoms with Crippen LogP contribution in [-0.4, -0.2) is 25.1 Å². The molecule has 1 unspecified atom stereocenters. The summed E-state index contributed by atoms with van der Waals surface area (Å²) < 4.78 is 94.8. The van der Waals surface area contributed by atoms with Crippen LogP contribution in [0, 0.1) is 17.5 Å². The molecule has 7 nitrogen and oxygen atoms in total. The van der Waals surface area contributed by atoms with E-state index in [1.54, 1.807) is 0 Å². The van der Waals surface area contributed by atoms with Crippen molar-refractivity contribution in [2.45, 2.75) is 17.5 Å². The Morgan fingerprint density at radius 1 is 1.03 bits per heavy atom. The Balaban J connectivity index is 1.52. The highest BCUT2D eigenvalue weighted by molar-refractivity contribution is 7.82. The summed E-state index contributed by atoms with van der Waals surface area (Å²) in [6.45, 7) is 0. The fourth-order valence-electron chi connectivity index (χ4n) is 3.44. The third-order valence-electron chi connectivity index (χ3n) is 5.14. The van der Waals surface area contributed by atoms with Crippen molar-refractivity contribution in [2.24, 2.45) is 5.14 Å². The third-order valence-corrected chi connectivity index (χ3v) is 5.88. The third kappa shape index (κ3) is 5.70. The Bertz CT molecular complexity index is 1480. The van der Waals surface area contributed by atoms with E-state index in [0.717, 1.165) is 24.3 Å². The molecule has 0 fully saturated rings. The van der Waals surface area contributed by atoms with Gasteiger partial charge in [0.15, 0.2) is 0 Å². The molecule has 4 rings (SSSR count). The van der Waals surface area contributed by atoms with Gasteiger partial charge in [-0.3, -0.25) is 4.79 Å². The van der Waals surface area contributed by atoms with Crippen LogP contribution in [0.5, 0.6) is 0 Å². The maximum atomic E-state index is 14.8. The molecule has 0 spiro atoms. The lowest BCUT2D eigenvalue weighted by molar-refractivity contribution is -0.140. The van der Waals surface area contributed by atoms with Crippen LogP contribution in [0.3, 0.4) is 0 Å². The summed E-state index contributed by atoms with van der Waals surface area (Å²) in [7, 11) is -1.69. The maximum Gasteiger partial charge on any atom is 0.419 e. The highest BCUT2D eigenvalue weighted by Crippen LogP contribution is 2.33. The van der Waals surface area contributed by atoms with Crippen LogP contribution in [-0.2, 0) is 28.4 Å². The number of halogens is 6. The molecule has 0 saturated heterocycles. The predicted molar refractivity (Wildman–Crippen MR) is 121 cm³/mol. The number of carbonyl (C=O) groups is 1. The van der Waals surface area contributed by atoms with Crippen molar-refractivity contribution in [3.63, 3.8) is 0 Å². The van der Waals surface area contributed by atoms with Crippen molar-refractivity contribution in [1.29, 1.82) is 0 Å². The predicted octanol–water partition coefficient (Wildman–Crippen LogP) is 4.53. The van der Waals surface area contributed by atoms with Gasteiger partial charge in [-0.25, -0.2) is 27.2 Å². The van der Waals surface area contributed by atoms with E-state index in [2.05, 4.69) is 15.6 Å². The molecule has 0 radical (unpaired) electrons. The first-order valence-electron chi connectivity index (χ1n) is 10.3. The summed E-state index contributed by atoms with van der Waals surface area (Å²) in [6.07, 6.45) is -4.51. The van der Waals surface area contributed by atoms with Crippen molar-refractivity contribution >= 4 is 22.6 Å². The van der Waals surface area contributed by atoms with Gasteiger partial charge in [-0.2, -0.15) is 13.2 Å². The lowest BCUT2D eigenvalue weighted by atomic mass is 10.1. The topological polar surface area (TPSA) is 103 Å². The van der Waals surface area contributed by atoms with Crippen LogP contribution in [0.1, 0.15) is 11.1 Å². The zero-order valence-electron chi connectivity index (χ0n) is 18.4. The number of hydrogen-bond acceptors (Lipinski definition) is 4. The largest absolute Gasteiger partial charge is 0.419 e. The Kier molecular flexibility index (Phi) is 7.14. The number of nitrogens with one attached hydrogen (secondary N) is 1. The smallest absolute Gasteiger partial charge is 0.326 e. The van der Waals surface area contributed by atoms with Gasteiger partial charge in [-0.15, -0.1) is 5.10 Å². The quantitative estimate of drug-likeness (QED) is 0.352. The summed E-state index contributed by atoms with van der Waals surface area (Å²) in [6, 6.07) is 10.1. The normalized spacial score (nSPS) is 12.4. The van der Waals surface area contributed by atoms with Crippen molar-refractivity contribution in [2.75, 3.05) is 5.32 Å². The van der Waals surface area contributed by atoms with Crippen LogP contribution in [0.2, 0.25) is 0 Å². The van der Waals surface area contributed by atoms with Crippen molar-refractivity contribution < 1.29 is 35.3 Å². The number of rotatable bonds is 6. The lowest BCUT2D eigenvalue weighted by Crippen LogP contribution is -2.17. The van der Waals surface area contributed by atoms with E-state index in [4.69, 9.17) is 5.14 Å². The molecule has 3 N–H and O–H groups in total. The number of benzene rings is 3. The van der Waals surface area contributed by atoms with E-state index in [1.165, 1.54) is 35.1 Å². The highest BCUT2D eigenvalue weighted by atomic mass is 32.2. The number of aromatic nitrogens is 3. The molecular formula is C23H15F6N5O2S. The fraction of sp³-hybridized carbons (Fsp3) is 0.0870. The number of hydrogen-bond donors (Lipinski definition) is 2. The molecule has 0 aliphatic rings. The van der Waals surface area contributed by atoms with Crippen molar-refractivity contribution in [1.82, 2.24) is 15.0 Å². The number of anilines is 1. The van der Waals surface area contributed by atoms with E-state index in [1.807, 2.05) is 0 Å². The van der Waals surface area contributed by atoms with Crippen LogP contribution >= 0.6 is 0 Å². The summed E-state index contributed by atoms with van der Waals surface area (Å²) in [5, 5.41) is 15.0. The molecule has 1 heterocycles. The van der Waals surface area contributed by atoms with Gasteiger partial charge >= 0.3 is 6.18 Å². The average Bonchev–Trinajstić information content (AvgIpc) is 3.29. The lowest BCUT2D eigenvalue weighted by Gasteiger charge is -2.12. The van der Waals surface area contributed by atoms with Gasteiger partial charge in [-0.05, 0) is 48.0 Å². The first kappa shape index (κ1) is 26.0. The average molecular weight is 539 g/mol. The molecule has 1 amide bonds. The van der Waals surface area contributed by atoms with Gasteiger partial charge < -0.3 is 5.32 Å².